The fraction of sp³-hybridized carbons (Fsp3) is 0.538. The molecule has 2 saturated carbocycles. The van der Waals surface area contributed by atoms with E-state index in [0.717, 1.165) is 53.1 Å². The Kier molecular flexibility index (Phi) is 8.60. The quantitative estimate of drug-likeness (QED) is 0.211. The highest BCUT2D eigenvalue weighted by atomic mass is 32.2. The van der Waals surface area contributed by atoms with E-state index in [2.05, 4.69) is 56.0 Å². The number of hydrogen-bond donors (Lipinski definition) is 5. The third-order valence-electron chi connectivity index (χ3n) is 8.61. The van der Waals surface area contributed by atoms with Gasteiger partial charge in [-0.25, -0.2) is 35.4 Å². The number of hydrogen-bond acceptors (Lipinski definition) is 10. The lowest BCUT2D eigenvalue weighted by atomic mass is 9.95. The minimum Gasteiger partial charge on any atom is -0.355 e. The first kappa shape index (κ1) is 32.0. The molecule has 0 bridgehead atoms. The van der Waals surface area contributed by atoms with Crippen LogP contribution in [0.2, 0.25) is 0 Å². The van der Waals surface area contributed by atoms with E-state index in [0.29, 0.717) is 25.0 Å². The van der Waals surface area contributed by atoms with Crippen LogP contribution in [-0.2, 0) is 20.4 Å². The monoisotopic (exact) mass is 648 g/mol. The lowest BCUT2D eigenvalue weighted by Crippen LogP contribution is -2.58. The Bertz CT molecular complexity index is 1830. The average molecular weight is 649 g/mol. The number of H-pyrrole nitrogens is 2. The van der Waals surface area contributed by atoms with Gasteiger partial charge in [0.15, 0.2) is 0 Å². The van der Waals surface area contributed by atoms with E-state index in [1.807, 2.05) is 18.5 Å². The first-order valence-corrected chi connectivity index (χ1v) is 17.1. The molecule has 2 spiro atoms. The van der Waals surface area contributed by atoms with Gasteiger partial charge in [0.2, 0.25) is 0 Å². The molecular formula is C26H40N12O4S2. The van der Waals surface area contributed by atoms with Crippen molar-refractivity contribution >= 4 is 54.1 Å². The zero-order chi connectivity index (χ0) is 30.5. The molecule has 4 aliphatic rings. The maximum atomic E-state index is 11.7. The normalized spacial score (nSPS) is 20.4. The zero-order valence-electron chi connectivity index (χ0n) is 23.6. The summed E-state index contributed by atoms with van der Waals surface area (Å²) >= 11 is 0. The number of nitrogens with one attached hydrogen (secondary N) is 2. The SMILES string of the molecule is C.NS(=O)(=O)N1CCN(c2ncnc3[nH]ccc23)CC12CC2.NS(N)(=O)=O.c1nc(N2CCCC3(CC3)C2)c2cc[nH]c2n1. The number of rotatable bonds is 3. The summed E-state index contributed by atoms with van der Waals surface area (Å²) in [6.07, 6.45) is 14.2. The fourth-order valence-electron chi connectivity index (χ4n) is 6.29. The Hall–Kier alpha value is -3.42. The minimum absolute atomic E-state index is 0. The highest BCUT2D eigenvalue weighted by Gasteiger charge is 2.55. The standard InChI is InChI=1S/C13H16N4.C12H16N6O2S.CH4.H4N2O2S/c1-3-13(4-5-13)8-17(7-1)12-10-2-6-14-11(10)15-9-16-12;13-21(19,20)18-6-5-17(7-12(18)2-3-12)11-9-1-4-14-10(9)15-8-16-11;;1-5(2,3)4/h2,6,9H,1,3-5,7-8H2,(H,14,15,16);1,4,8H,2-3,5-7H2,(H2,13,19,20)(H,14,15,16);1H4;(H4,1,2,3,4). The van der Waals surface area contributed by atoms with Crippen molar-refractivity contribution in [1.29, 1.82) is 0 Å². The summed E-state index contributed by atoms with van der Waals surface area (Å²) in [6.45, 7) is 3.92. The predicted octanol–water partition coefficient (Wildman–Crippen LogP) is 0.939. The van der Waals surface area contributed by atoms with Crippen molar-refractivity contribution in [1.82, 2.24) is 34.2 Å². The second-order valence-electron chi connectivity index (χ2n) is 11.8. The first-order chi connectivity index (χ1) is 20.4. The minimum atomic E-state index is -3.67. The molecule has 0 amide bonds. The number of fused-ring (bicyclic) bond motifs is 2. The Morgan fingerprint density at radius 3 is 1.70 bits per heavy atom. The van der Waals surface area contributed by atoms with Crippen molar-refractivity contribution in [2.45, 2.75) is 51.5 Å². The van der Waals surface area contributed by atoms with E-state index in [1.165, 1.54) is 42.9 Å². The van der Waals surface area contributed by atoms with Crippen LogP contribution in [0.4, 0.5) is 11.6 Å². The molecule has 44 heavy (non-hydrogen) atoms. The van der Waals surface area contributed by atoms with Crippen LogP contribution in [0, 0.1) is 5.41 Å². The largest absolute Gasteiger partial charge is 0.355 e. The zero-order valence-corrected chi connectivity index (χ0v) is 25.2. The molecule has 4 aromatic heterocycles. The van der Waals surface area contributed by atoms with Gasteiger partial charge in [-0.1, -0.05) is 7.43 Å². The number of piperidine rings is 1. The number of aromatic nitrogens is 6. The van der Waals surface area contributed by atoms with Crippen LogP contribution in [-0.4, -0.2) is 89.3 Å². The molecule has 4 fully saturated rings. The maximum absolute atomic E-state index is 11.7. The summed E-state index contributed by atoms with van der Waals surface area (Å²) < 4.78 is 43.2. The Labute approximate surface area is 256 Å². The molecule has 0 aromatic carbocycles. The third kappa shape index (κ3) is 6.94. The molecule has 8 rings (SSSR count). The lowest BCUT2D eigenvalue weighted by Gasteiger charge is -2.40. The highest BCUT2D eigenvalue weighted by molar-refractivity contribution is 7.87. The first-order valence-electron chi connectivity index (χ1n) is 14.0. The smallest absolute Gasteiger partial charge is 0.277 e. The van der Waals surface area contributed by atoms with Gasteiger partial charge in [-0.15, -0.1) is 0 Å². The Morgan fingerprint density at radius 1 is 0.705 bits per heavy atom. The van der Waals surface area contributed by atoms with E-state index < -0.39 is 20.4 Å². The van der Waals surface area contributed by atoms with Crippen molar-refractivity contribution in [2.75, 3.05) is 42.5 Å². The van der Waals surface area contributed by atoms with Crippen LogP contribution < -0.4 is 25.2 Å². The number of aromatic amines is 2. The number of anilines is 2. The van der Waals surface area contributed by atoms with Gasteiger partial charge in [0.1, 0.15) is 35.6 Å². The van der Waals surface area contributed by atoms with E-state index in [9.17, 15) is 16.8 Å². The average Bonchev–Trinajstić information content (AvgIpc) is 3.72. The Balaban J connectivity index is 0.000000151. The number of piperazine rings is 1. The molecular weight excluding hydrogens is 609 g/mol. The molecule has 6 heterocycles. The highest BCUT2D eigenvalue weighted by Crippen LogP contribution is 2.52. The van der Waals surface area contributed by atoms with Crippen LogP contribution in [0.15, 0.2) is 37.2 Å². The molecule has 0 radical (unpaired) electrons. The molecule has 2 aliphatic carbocycles. The number of nitrogens with zero attached hydrogens (tertiary/aromatic N) is 7. The van der Waals surface area contributed by atoms with Crippen LogP contribution >= 0.6 is 0 Å². The van der Waals surface area contributed by atoms with Gasteiger partial charge in [-0.05, 0) is 56.1 Å². The summed E-state index contributed by atoms with van der Waals surface area (Å²) in [5.74, 6) is 1.96. The van der Waals surface area contributed by atoms with E-state index in [4.69, 9.17) is 5.14 Å². The van der Waals surface area contributed by atoms with Crippen LogP contribution in [0.25, 0.3) is 22.1 Å². The summed E-state index contributed by atoms with van der Waals surface area (Å²) in [6, 6.07) is 4.02. The van der Waals surface area contributed by atoms with Crippen LogP contribution in [0.3, 0.4) is 0 Å². The fourth-order valence-corrected chi connectivity index (χ4v) is 7.40. The van der Waals surface area contributed by atoms with Gasteiger partial charge in [0, 0.05) is 45.1 Å². The second-order valence-corrected chi connectivity index (χ2v) is 14.4. The summed E-state index contributed by atoms with van der Waals surface area (Å²) in [4.78, 5) is 28.1. The summed E-state index contributed by atoms with van der Waals surface area (Å²) in [5.41, 5.74) is 2.02. The van der Waals surface area contributed by atoms with Gasteiger partial charge < -0.3 is 19.8 Å². The predicted molar refractivity (Wildman–Crippen MR) is 169 cm³/mol. The number of nitrogens with two attached hydrogens (primary N) is 3. The molecule has 8 N–H and O–H groups in total. The van der Waals surface area contributed by atoms with Crippen molar-refractivity contribution in [2.24, 2.45) is 20.8 Å². The molecule has 0 unspecified atom stereocenters. The van der Waals surface area contributed by atoms with Gasteiger partial charge in [0.25, 0.3) is 20.4 Å². The van der Waals surface area contributed by atoms with Crippen LogP contribution in [0.5, 0.6) is 0 Å². The molecule has 4 aromatic rings. The van der Waals surface area contributed by atoms with E-state index >= 15 is 0 Å². The topological polar surface area (TPSA) is 239 Å². The van der Waals surface area contributed by atoms with Gasteiger partial charge in [0.05, 0.1) is 16.3 Å². The van der Waals surface area contributed by atoms with Gasteiger partial charge in [-0.3, -0.25) is 0 Å². The molecule has 0 atom stereocenters. The molecule has 2 aliphatic heterocycles. The van der Waals surface area contributed by atoms with Crippen molar-refractivity contribution < 1.29 is 16.8 Å². The maximum Gasteiger partial charge on any atom is 0.277 e. The summed E-state index contributed by atoms with van der Waals surface area (Å²) in [5, 5.41) is 15.7. The summed E-state index contributed by atoms with van der Waals surface area (Å²) in [7, 11) is -7.31. The Morgan fingerprint density at radius 2 is 1.23 bits per heavy atom. The molecule has 240 valence electrons. The van der Waals surface area contributed by atoms with E-state index in [-0.39, 0.29) is 13.0 Å². The van der Waals surface area contributed by atoms with Crippen molar-refractivity contribution in [3.63, 3.8) is 0 Å². The van der Waals surface area contributed by atoms with E-state index in [1.54, 1.807) is 6.33 Å². The third-order valence-corrected chi connectivity index (χ3v) is 9.79. The van der Waals surface area contributed by atoms with Gasteiger partial charge in [-0.2, -0.15) is 21.1 Å². The molecule has 18 heteroatoms. The molecule has 16 nitrogen and oxygen atoms in total. The van der Waals surface area contributed by atoms with Crippen LogP contribution in [0.1, 0.15) is 46.0 Å². The molecule has 2 saturated heterocycles. The lowest BCUT2D eigenvalue weighted by molar-refractivity contribution is 0.270. The van der Waals surface area contributed by atoms with Crippen molar-refractivity contribution in [3.05, 3.63) is 37.2 Å². The second kappa shape index (κ2) is 11.8. The van der Waals surface area contributed by atoms with Gasteiger partial charge >= 0.3 is 0 Å². The van der Waals surface area contributed by atoms with Crippen molar-refractivity contribution in [3.8, 4) is 0 Å².